The number of phosphoric acid groups is 4. The van der Waals surface area contributed by atoms with Crippen LogP contribution in [0.5, 0.6) is 0 Å². The summed E-state index contributed by atoms with van der Waals surface area (Å²) in [5.74, 6) is 4.53. The van der Waals surface area contributed by atoms with Crippen LogP contribution >= 0.6 is 31.3 Å². The highest BCUT2D eigenvalue weighted by Gasteiger charge is 2.67. The molecular formula is C96H132N8O42P4. The number of phosphoric ester groups is 4. The lowest BCUT2D eigenvalue weighted by Gasteiger charge is -2.39. The number of esters is 6. The van der Waals surface area contributed by atoms with Crippen molar-refractivity contribution in [1.29, 1.82) is 0 Å². The summed E-state index contributed by atoms with van der Waals surface area (Å²) in [7, 11) is -13.9. The van der Waals surface area contributed by atoms with E-state index < -0.39 is 247 Å². The van der Waals surface area contributed by atoms with Crippen molar-refractivity contribution in [1.82, 2.24) is 40.0 Å². The Labute approximate surface area is 869 Å². The van der Waals surface area contributed by atoms with Gasteiger partial charge in [-0.25, -0.2) is 37.4 Å². The Morgan fingerprint density at radius 1 is 0.433 bits per heavy atom. The van der Waals surface area contributed by atoms with Crippen LogP contribution in [-0.4, -0.2) is 313 Å². The maximum atomic E-state index is 13.6. The number of allylic oxidation sites excluding steroid dienone is 2. The second-order valence-electron chi connectivity index (χ2n) is 39.7. The SMILES string of the molecule is C#C[C@]1(C)[C@@H]2O[P@@](=O)(OCC(CC(=O)OC(C)C)N(C)C(=O)OC(C)(C)C)OC[C@H]2O[C@H]1N1C=CC(=O)NC1=C.C#C[C@]1(C)[C@@H]2O[P@@](=O)(OCC(CC(=O)OC(C)C)N(C)C(=O)OC(C)(C)C)OC[C@H]2O[C@H]1N1C=CC(=O)NC1=C.C#C[C@]1(C)[C@@H]2O[P@@](=O)(OCC[C@H](OC(C)=O)C(=O)OC(C)C)OC[C@H]2O[C@H]1N1C=CC(=O)CC1=O.C#C[C@]1(C)[C@@H]2O[P@](=O)(OCC[C@@H](OC(C)=O)C(=O)OC(C)C)OC[C@H]2O[C@H]1N1C=CC(=O)CC1=O. The first-order chi connectivity index (χ1) is 69.7. The number of carbonyl (C=O) groups is 14. The van der Waals surface area contributed by atoms with Gasteiger partial charge in [-0.15, -0.1) is 25.7 Å². The molecule has 0 aromatic carbocycles. The van der Waals surface area contributed by atoms with Crippen molar-refractivity contribution < 1.29 is 197 Å². The van der Waals surface area contributed by atoms with Crippen LogP contribution < -0.4 is 10.6 Å². The maximum Gasteiger partial charge on any atom is 0.475 e. The lowest BCUT2D eigenvalue weighted by molar-refractivity contribution is -0.170. The number of amides is 6. The van der Waals surface area contributed by atoms with E-state index in [9.17, 15) is 85.4 Å². The number of terminal acetylenes is 4. The molecular weight excluding hydrogens is 2060 g/mol. The number of fused-ring (bicyclic) bond motifs is 4. The van der Waals surface area contributed by atoms with Gasteiger partial charge in [0, 0.05) is 77.7 Å². The van der Waals surface area contributed by atoms with E-state index in [1.54, 1.807) is 134 Å². The molecule has 0 radical (unpaired) electrons. The second-order valence-corrected chi connectivity index (χ2v) is 46.2. The number of ether oxygens (including phenoxy) is 12. The fourth-order valence-corrected chi connectivity index (χ4v) is 22.4. The minimum atomic E-state index is -4.24. The molecule has 6 amide bonds. The molecule has 24 atom stereocenters. The number of rotatable bonds is 32. The molecule has 12 aliphatic rings. The minimum Gasteiger partial charge on any atom is -0.463 e. The van der Waals surface area contributed by atoms with Crippen LogP contribution in [0.3, 0.4) is 0 Å². The fourth-order valence-electron chi connectivity index (χ4n) is 16.3. The zero-order valence-electron chi connectivity index (χ0n) is 87.4. The molecule has 8 saturated heterocycles. The van der Waals surface area contributed by atoms with Crippen LogP contribution in [0.15, 0.2) is 73.9 Å². The van der Waals surface area contributed by atoms with Crippen LogP contribution in [0.4, 0.5) is 9.59 Å². The first-order valence-electron chi connectivity index (χ1n) is 47.6. The van der Waals surface area contributed by atoms with Gasteiger partial charge in [-0.2, -0.15) is 0 Å². The van der Waals surface area contributed by atoms with E-state index in [1.165, 1.54) is 82.8 Å². The normalized spacial score (nSPS) is 31.9. The molecule has 828 valence electrons. The number of likely N-dealkylation sites (N-methyl/N-ethyl adjacent to an activating group) is 2. The number of hydrogen-bond donors (Lipinski definition) is 2. The van der Waals surface area contributed by atoms with Crippen molar-refractivity contribution in [2.24, 2.45) is 21.7 Å². The number of nitrogens with zero attached hydrogens (tertiary/aromatic N) is 6. The Kier molecular flexibility index (Phi) is 41.2. The Balaban J connectivity index is 0.000000222. The van der Waals surface area contributed by atoms with Crippen molar-refractivity contribution in [2.75, 3.05) is 67.0 Å². The van der Waals surface area contributed by atoms with Crippen LogP contribution in [0.25, 0.3) is 0 Å². The molecule has 0 spiro atoms. The molecule has 50 nitrogen and oxygen atoms in total. The number of carbonyl (C=O) groups excluding carboxylic acids is 14. The van der Waals surface area contributed by atoms with Crippen molar-refractivity contribution in [3.63, 3.8) is 0 Å². The van der Waals surface area contributed by atoms with Gasteiger partial charge in [0.1, 0.15) is 93.3 Å². The molecule has 12 heterocycles. The van der Waals surface area contributed by atoms with Crippen molar-refractivity contribution in [2.45, 2.75) is 311 Å². The molecule has 0 bridgehead atoms. The predicted octanol–water partition coefficient (Wildman–Crippen LogP) is 8.73. The largest absolute Gasteiger partial charge is 0.475 e. The molecule has 150 heavy (non-hydrogen) atoms. The van der Waals surface area contributed by atoms with Gasteiger partial charge in [-0.1, -0.05) is 36.8 Å². The molecule has 8 fully saturated rings. The van der Waals surface area contributed by atoms with E-state index >= 15 is 0 Å². The third kappa shape index (κ3) is 31.3. The molecule has 2 unspecified atom stereocenters. The van der Waals surface area contributed by atoms with Gasteiger partial charge < -0.3 is 87.1 Å². The van der Waals surface area contributed by atoms with Crippen LogP contribution in [0.2, 0.25) is 0 Å². The second kappa shape index (κ2) is 50.4. The Morgan fingerprint density at radius 3 is 0.947 bits per heavy atom. The molecule has 0 aromatic rings. The molecule has 0 aromatic heterocycles. The summed E-state index contributed by atoms with van der Waals surface area (Å²) < 4.78 is 185. The fraction of sp³-hybridized carbons (Fsp3) is 0.646. The Bertz CT molecular complexity index is 5290. The van der Waals surface area contributed by atoms with E-state index in [0.717, 1.165) is 13.8 Å². The third-order valence-electron chi connectivity index (χ3n) is 23.7. The first-order valence-corrected chi connectivity index (χ1v) is 53.4. The first kappa shape index (κ1) is 123. The van der Waals surface area contributed by atoms with Crippen LogP contribution in [0, 0.1) is 71.0 Å². The molecule has 54 heteroatoms. The predicted molar refractivity (Wildman–Crippen MR) is 518 cm³/mol. The summed E-state index contributed by atoms with van der Waals surface area (Å²) in [6.45, 7) is 37.9. The van der Waals surface area contributed by atoms with E-state index in [0.29, 0.717) is 0 Å². The molecule has 2 N–H and O–H groups in total. The van der Waals surface area contributed by atoms with Crippen LogP contribution in [0.1, 0.15) is 177 Å². The topological polar surface area (TPSA) is 572 Å². The summed E-state index contributed by atoms with van der Waals surface area (Å²) in [6, 6.07) is -1.84. The smallest absolute Gasteiger partial charge is 0.463 e. The Morgan fingerprint density at radius 2 is 0.700 bits per heavy atom. The summed E-state index contributed by atoms with van der Waals surface area (Å²) in [6.07, 6.45) is 16.6. The van der Waals surface area contributed by atoms with Crippen molar-refractivity contribution >= 4 is 114 Å². The quantitative estimate of drug-likeness (QED) is 0.0209. The van der Waals surface area contributed by atoms with Gasteiger partial charge in [-0.3, -0.25) is 112 Å². The zero-order chi connectivity index (χ0) is 112. The summed E-state index contributed by atoms with van der Waals surface area (Å²) in [5, 5.41) is 5.17. The lowest BCUT2D eigenvalue weighted by Crippen LogP contribution is -2.49. The highest BCUT2D eigenvalue weighted by atomic mass is 31.2. The van der Waals surface area contributed by atoms with Gasteiger partial charge in [0.25, 0.3) is 11.8 Å². The molecule has 0 saturated carbocycles. The highest BCUT2D eigenvalue weighted by Crippen LogP contribution is 2.64. The lowest BCUT2D eigenvalue weighted by atomic mass is 9.82. The van der Waals surface area contributed by atoms with Gasteiger partial charge in [0.15, 0.2) is 36.5 Å². The summed E-state index contributed by atoms with van der Waals surface area (Å²) in [4.78, 5) is 177. The standard InChI is InChI=1S/2C26H38N3O10P.2C22H28NO11P/c2*1-10-26(8)22-19(37-23(26)29-12-11-20(30)27-17(29)4)15-35-40(33,39-22)34-14-18(13-21(31)36-16(2)3)28(9)24(32)38-25(5,6)7;2*1-6-22(5)19-17(33-21(22)23-9-7-15(25)11-18(23)26)12-30-35(28,34-19)29-10-8-16(32-14(4)24)20(27)31-13(2)3/h2*1,11-12,16,18-19,22-23H,4,13-15H2,2-3,5-9H3,(H,27,30);2*1,7,9,13,16-17,19,21H,8,10-12H2,2-5H3/t2*18?,19-,22-,23-,26-,40+;16-,17+,19+,21+,22+,35-;16-,17-,19-,21-,22-,35-/m1101/s1. The number of ketones is 2. The third-order valence-corrected chi connectivity index (χ3v) is 29.5. The van der Waals surface area contributed by atoms with Gasteiger partial charge >= 0.3 is 79.3 Å². The van der Waals surface area contributed by atoms with E-state index in [-0.39, 0.29) is 125 Å². The van der Waals surface area contributed by atoms with Crippen molar-refractivity contribution in [3.8, 4) is 49.4 Å². The summed E-state index contributed by atoms with van der Waals surface area (Å²) in [5.41, 5.74) is -6.43. The molecule has 12 rings (SSSR count). The van der Waals surface area contributed by atoms with Crippen molar-refractivity contribution in [3.05, 3.63) is 73.9 Å². The zero-order valence-corrected chi connectivity index (χ0v) is 91.0. The minimum absolute atomic E-state index is 0.164. The monoisotopic (exact) mass is 2190 g/mol. The van der Waals surface area contributed by atoms with Gasteiger partial charge in [0.05, 0.1) is 115 Å². The van der Waals surface area contributed by atoms with E-state index in [4.69, 9.17) is 137 Å². The molecule has 0 aliphatic carbocycles. The van der Waals surface area contributed by atoms with E-state index in [2.05, 4.69) is 47.5 Å². The van der Waals surface area contributed by atoms with Gasteiger partial charge in [-0.05, 0) is 137 Å². The number of hydrogen-bond acceptors (Lipinski definition) is 44. The maximum absolute atomic E-state index is 13.6. The molecule has 12 aliphatic heterocycles. The van der Waals surface area contributed by atoms with Crippen LogP contribution in [-0.2, 0) is 187 Å². The summed E-state index contributed by atoms with van der Waals surface area (Å²) >= 11 is 0. The van der Waals surface area contributed by atoms with E-state index in [1.807, 2.05) is 0 Å². The average Bonchev–Trinajstić information content (AvgIpc) is 1.60. The highest BCUT2D eigenvalue weighted by molar-refractivity contribution is 7.49. The Hall–Kier alpha value is -10.9. The van der Waals surface area contributed by atoms with Gasteiger partial charge in [0.2, 0.25) is 24.0 Å². The average molecular weight is 2190 g/mol. The number of nitrogens with one attached hydrogen (secondary N) is 2.